The molecule has 24 heavy (non-hydrogen) atoms. The molecular weight excluding hydrogens is 312 g/mol. The molecule has 0 aliphatic rings. The molecule has 0 aromatic carbocycles. The van der Waals surface area contributed by atoms with Gasteiger partial charge in [-0.15, -0.1) is 0 Å². The summed E-state index contributed by atoms with van der Waals surface area (Å²) < 4.78 is 15.1. The van der Waals surface area contributed by atoms with E-state index >= 15 is 0 Å². The average Bonchev–Trinajstić information content (AvgIpc) is 2.59. The Kier molecular flexibility index (Phi) is 11.6. The van der Waals surface area contributed by atoms with Crippen LogP contribution < -0.4 is 16.0 Å². The Balaban J connectivity index is 2.58. The van der Waals surface area contributed by atoms with Gasteiger partial charge in [0.2, 0.25) is 17.8 Å². The number of ether oxygens (including phenoxy) is 3. The number of nitrogens with one attached hydrogen (secondary N) is 3. The van der Waals surface area contributed by atoms with Gasteiger partial charge in [-0.3, -0.25) is 0 Å². The summed E-state index contributed by atoms with van der Waals surface area (Å²) in [6, 6.07) is 0. The number of aromatic nitrogens is 3. The smallest absolute Gasteiger partial charge is 0.229 e. The van der Waals surface area contributed by atoms with Crippen LogP contribution in [0.15, 0.2) is 0 Å². The number of hydrogen-bond acceptors (Lipinski definition) is 9. The topological polar surface area (TPSA) is 102 Å². The summed E-state index contributed by atoms with van der Waals surface area (Å²) in [5.74, 6) is 1.64. The van der Waals surface area contributed by atoms with Crippen molar-refractivity contribution in [2.75, 3.05) is 76.7 Å². The van der Waals surface area contributed by atoms with E-state index in [1.807, 2.05) is 0 Å². The highest BCUT2D eigenvalue weighted by atomic mass is 16.5. The van der Waals surface area contributed by atoms with Crippen LogP contribution >= 0.6 is 0 Å². The van der Waals surface area contributed by atoms with E-state index in [0.717, 1.165) is 38.9 Å². The van der Waals surface area contributed by atoms with Gasteiger partial charge in [-0.1, -0.05) is 0 Å². The highest BCUT2D eigenvalue weighted by molar-refractivity contribution is 5.42. The SMILES string of the molecule is COCCCNc1nc(NCCCOC)nc(NCCCOC)n1. The van der Waals surface area contributed by atoms with Gasteiger partial charge in [-0.25, -0.2) is 0 Å². The fourth-order valence-electron chi connectivity index (χ4n) is 1.86. The lowest BCUT2D eigenvalue weighted by Gasteiger charge is -2.11. The van der Waals surface area contributed by atoms with Crippen LogP contribution in [0.3, 0.4) is 0 Å². The summed E-state index contributed by atoms with van der Waals surface area (Å²) in [5.41, 5.74) is 0. The van der Waals surface area contributed by atoms with Crippen molar-refractivity contribution in [3.05, 3.63) is 0 Å². The lowest BCUT2D eigenvalue weighted by atomic mass is 10.4. The molecule has 0 atom stereocenters. The number of rotatable bonds is 15. The van der Waals surface area contributed by atoms with Crippen molar-refractivity contribution >= 4 is 17.8 Å². The maximum Gasteiger partial charge on any atom is 0.229 e. The molecule has 0 spiro atoms. The molecule has 1 aromatic rings. The molecule has 0 amide bonds. The first-order valence-corrected chi connectivity index (χ1v) is 8.24. The highest BCUT2D eigenvalue weighted by Crippen LogP contribution is 2.09. The van der Waals surface area contributed by atoms with Gasteiger partial charge in [0.1, 0.15) is 0 Å². The summed E-state index contributed by atoms with van der Waals surface area (Å²) in [6.45, 7) is 4.31. The molecule has 0 aliphatic heterocycles. The molecule has 0 saturated carbocycles. The minimum atomic E-state index is 0.546. The third-order valence-electron chi connectivity index (χ3n) is 3.06. The molecule has 1 rings (SSSR count). The minimum absolute atomic E-state index is 0.546. The molecule has 0 aliphatic carbocycles. The normalized spacial score (nSPS) is 10.6. The predicted molar refractivity (Wildman–Crippen MR) is 94.8 cm³/mol. The van der Waals surface area contributed by atoms with Crippen molar-refractivity contribution in [3.8, 4) is 0 Å². The third-order valence-corrected chi connectivity index (χ3v) is 3.06. The Hall–Kier alpha value is -1.71. The Morgan fingerprint density at radius 3 is 1.12 bits per heavy atom. The van der Waals surface area contributed by atoms with Crippen molar-refractivity contribution in [2.45, 2.75) is 19.3 Å². The van der Waals surface area contributed by atoms with E-state index in [-0.39, 0.29) is 0 Å². The highest BCUT2D eigenvalue weighted by Gasteiger charge is 2.06. The van der Waals surface area contributed by atoms with Gasteiger partial charge in [0.05, 0.1) is 0 Å². The van der Waals surface area contributed by atoms with Gasteiger partial charge in [0.25, 0.3) is 0 Å². The Labute approximate surface area is 143 Å². The summed E-state index contributed by atoms with van der Waals surface area (Å²) in [5, 5.41) is 9.58. The van der Waals surface area contributed by atoms with Crippen molar-refractivity contribution < 1.29 is 14.2 Å². The monoisotopic (exact) mass is 342 g/mol. The third kappa shape index (κ3) is 9.43. The zero-order chi connectivity index (χ0) is 17.5. The van der Waals surface area contributed by atoms with Crippen molar-refractivity contribution in [1.29, 1.82) is 0 Å². The van der Waals surface area contributed by atoms with Crippen LogP contribution in [0, 0.1) is 0 Å². The van der Waals surface area contributed by atoms with Crippen LogP contribution in [0.4, 0.5) is 17.8 Å². The predicted octanol–water partition coefficient (Wildman–Crippen LogP) is 1.22. The first-order valence-electron chi connectivity index (χ1n) is 8.24. The second kappa shape index (κ2) is 13.7. The van der Waals surface area contributed by atoms with E-state index in [1.54, 1.807) is 21.3 Å². The van der Waals surface area contributed by atoms with E-state index in [9.17, 15) is 0 Å². The van der Waals surface area contributed by atoms with E-state index in [0.29, 0.717) is 37.7 Å². The van der Waals surface area contributed by atoms with Crippen LogP contribution in [0.5, 0.6) is 0 Å². The first-order chi connectivity index (χ1) is 11.8. The molecule has 138 valence electrons. The van der Waals surface area contributed by atoms with Gasteiger partial charge in [0, 0.05) is 60.8 Å². The molecule has 0 fully saturated rings. The standard InChI is InChI=1S/C15H30N6O3/c1-22-10-4-7-16-13-19-14(17-8-5-11-23-2)21-15(20-13)18-9-6-12-24-3/h4-12H2,1-3H3,(H3,16,17,18,19,20,21). The molecule has 0 radical (unpaired) electrons. The van der Waals surface area contributed by atoms with Crippen LogP contribution in [0.1, 0.15) is 19.3 Å². The van der Waals surface area contributed by atoms with Crippen LogP contribution in [0.2, 0.25) is 0 Å². The number of anilines is 3. The molecule has 9 heteroatoms. The lowest BCUT2D eigenvalue weighted by Crippen LogP contribution is -2.15. The van der Waals surface area contributed by atoms with Crippen molar-refractivity contribution in [2.24, 2.45) is 0 Å². The Bertz CT molecular complexity index is 361. The second-order valence-electron chi connectivity index (χ2n) is 5.13. The molecule has 0 bridgehead atoms. The molecule has 0 saturated heterocycles. The molecule has 3 N–H and O–H groups in total. The lowest BCUT2D eigenvalue weighted by molar-refractivity contribution is 0.197. The van der Waals surface area contributed by atoms with E-state index in [2.05, 4.69) is 30.9 Å². The van der Waals surface area contributed by atoms with Crippen LogP contribution in [0.25, 0.3) is 0 Å². The summed E-state index contributed by atoms with van der Waals surface area (Å²) in [7, 11) is 5.06. The molecule has 1 heterocycles. The Morgan fingerprint density at radius 1 is 0.583 bits per heavy atom. The zero-order valence-electron chi connectivity index (χ0n) is 14.9. The largest absolute Gasteiger partial charge is 0.385 e. The van der Waals surface area contributed by atoms with E-state index in [1.165, 1.54) is 0 Å². The average molecular weight is 342 g/mol. The van der Waals surface area contributed by atoms with Gasteiger partial charge >= 0.3 is 0 Å². The van der Waals surface area contributed by atoms with Gasteiger partial charge in [-0.05, 0) is 19.3 Å². The quantitative estimate of drug-likeness (QED) is 0.406. The summed E-state index contributed by atoms with van der Waals surface area (Å²) in [6.07, 6.45) is 2.65. The number of nitrogens with zero attached hydrogens (tertiary/aromatic N) is 3. The van der Waals surface area contributed by atoms with Gasteiger partial charge in [0.15, 0.2) is 0 Å². The van der Waals surface area contributed by atoms with Crippen molar-refractivity contribution in [3.63, 3.8) is 0 Å². The number of hydrogen-bond donors (Lipinski definition) is 3. The molecule has 9 nitrogen and oxygen atoms in total. The summed E-state index contributed by atoms with van der Waals surface area (Å²) >= 11 is 0. The zero-order valence-corrected chi connectivity index (χ0v) is 14.9. The molecule has 1 aromatic heterocycles. The van der Waals surface area contributed by atoms with E-state index in [4.69, 9.17) is 14.2 Å². The first kappa shape index (κ1) is 20.3. The summed E-state index contributed by atoms with van der Waals surface area (Å²) in [4.78, 5) is 13.1. The van der Waals surface area contributed by atoms with Crippen molar-refractivity contribution in [1.82, 2.24) is 15.0 Å². The molecular formula is C15H30N6O3. The molecule has 0 unspecified atom stereocenters. The van der Waals surface area contributed by atoms with Crippen LogP contribution in [-0.4, -0.2) is 75.7 Å². The van der Waals surface area contributed by atoms with Crippen LogP contribution in [-0.2, 0) is 14.2 Å². The maximum atomic E-state index is 5.04. The van der Waals surface area contributed by atoms with Gasteiger partial charge < -0.3 is 30.2 Å². The Morgan fingerprint density at radius 2 is 0.875 bits per heavy atom. The fourth-order valence-corrected chi connectivity index (χ4v) is 1.86. The minimum Gasteiger partial charge on any atom is -0.385 e. The maximum absolute atomic E-state index is 5.04. The number of methoxy groups -OCH3 is 3. The van der Waals surface area contributed by atoms with E-state index < -0.39 is 0 Å². The second-order valence-corrected chi connectivity index (χ2v) is 5.13. The van der Waals surface area contributed by atoms with Gasteiger partial charge in [-0.2, -0.15) is 15.0 Å². The fraction of sp³-hybridized carbons (Fsp3) is 0.800.